The van der Waals surface area contributed by atoms with Crippen molar-refractivity contribution in [1.29, 1.82) is 0 Å². The molecule has 0 radical (unpaired) electrons. The fourth-order valence-corrected chi connectivity index (χ4v) is 1.40. The van der Waals surface area contributed by atoms with E-state index in [1.165, 1.54) is 19.2 Å². The molecule has 1 unspecified atom stereocenters. The number of aliphatic hydroxyl groups is 1. The normalized spacial score (nSPS) is 12.0. The van der Waals surface area contributed by atoms with Gasteiger partial charge in [0, 0.05) is 0 Å². The Labute approximate surface area is 99.4 Å². The number of ether oxygens (including phenoxy) is 1. The standard InChI is InChI=1S/C12H16FNO3/c1-3-9(7-15)14-12(16)10-6-8(13)4-5-11(10)17-2/h4-6,9,15H,3,7H2,1-2H3,(H,14,16). The highest BCUT2D eigenvalue weighted by Crippen LogP contribution is 2.19. The molecule has 0 aromatic heterocycles. The number of rotatable bonds is 5. The molecule has 1 aromatic rings. The monoisotopic (exact) mass is 241 g/mol. The van der Waals surface area contributed by atoms with E-state index in [9.17, 15) is 9.18 Å². The minimum Gasteiger partial charge on any atom is -0.496 e. The molecule has 0 aliphatic heterocycles. The summed E-state index contributed by atoms with van der Waals surface area (Å²) in [6, 6.07) is 3.39. The molecule has 5 heteroatoms. The van der Waals surface area contributed by atoms with E-state index in [1.807, 2.05) is 6.92 Å². The molecule has 0 spiro atoms. The highest BCUT2D eigenvalue weighted by Gasteiger charge is 2.16. The number of hydrogen-bond acceptors (Lipinski definition) is 3. The van der Waals surface area contributed by atoms with Crippen molar-refractivity contribution in [3.8, 4) is 5.75 Å². The summed E-state index contributed by atoms with van der Waals surface area (Å²) in [6.45, 7) is 1.68. The van der Waals surface area contributed by atoms with Crippen molar-refractivity contribution in [1.82, 2.24) is 5.32 Å². The Bertz CT molecular complexity index is 391. The van der Waals surface area contributed by atoms with Crippen molar-refractivity contribution in [2.24, 2.45) is 0 Å². The third kappa shape index (κ3) is 3.42. The average Bonchev–Trinajstić information content (AvgIpc) is 2.35. The fourth-order valence-electron chi connectivity index (χ4n) is 1.40. The number of methoxy groups -OCH3 is 1. The maximum absolute atomic E-state index is 13.1. The van der Waals surface area contributed by atoms with Gasteiger partial charge < -0.3 is 15.2 Å². The number of halogens is 1. The summed E-state index contributed by atoms with van der Waals surface area (Å²) in [7, 11) is 1.41. The maximum atomic E-state index is 13.1. The Morgan fingerprint density at radius 1 is 1.59 bits per heavy atom. The smallest absolute Gasteiger partial charge is 0.255 e. The first-order chi connectivity index (χ1) is 8.12. The van der Waals surface area contributed by atoms with Crippen LogP contribution < -0.4 is 10.1 Å². The molecule has 1 atom stereocenters. The van der Waals surface area contributed by atoms with Crippen molar-refractivity contribution in [3.05, 3.63) is 29.6 Å². The van der Waals surface area contributed by atoms with Gasteiger partial charge in [0.2, 0.25) is 0 Å². The Morgan fingerprint density at radius 2 is 2.29 bits per heavy atom. The lowest BCUT2D eigenvalue weighted by Gasteiger charge is -2.15. The number of carbonyl (C=O) groups excluding carboxylic acids is 1. The Balaban J connectivity index is 2.90. The summed E-state index contributed by atoms with van der Waals surface area (Å²) >= 11 is 0. The predicted molar refractivity (Wildman–Crippen MR) is 61.6 cm³/mol. The minimum absolute atomic E-state index is 0.124. The van der Waals surface area contributed by atoms with E-state index < -0.39 is 11.7 Å². The molecule has 0 saturated heterocycles. The molecule has 17 heavy (non-hydrogen) atoms. The highest BCUT2D eigenvalue weighted by molar-refractivity contribution is 5.97. The molecule has 94 valence electrons. The van der Waals surface area contributed by atoms with Crippen LogP contribution >= 0.6 is 0 Å². The molecule has 2 N–H and O–H groups in total. The summed E-state index contributed by atoms with van der Waals surface area (Å²) in [4.78, 5) is 11.8. The molecule has 0 heterocycles. The fraction of sp³-hybridized carbons (Fsp3) is 0.417. The number of benzene rings is 1. The molecule has 1 rings (SSSR count). The summed E-state index contributed by atoms with van der Waals surface area (Å²) in [5.74, 6) is -0.660. The van der Waals surface area contributed by atoms with Crippen LogP contribution in [0, 0.1) is 5.82 Å². The van der Waals surface area contributed by atoms with Crippen molar-refractivity contribution in [2.45, 2.75) is 19.4 Å². The van der Waals surface area contributed by atoms with Crippen LogP contribution in [0.15, 0.2) is 18.2 Å². The molecule has 0 fully saturated rings. The molecule has 1 aromatic carbocycles. The van der Waals surface area contributed by atoms with E-state index in [0.717, 1.165) is 6.07 Å². The molecular formula is C12H16FNO3. The number of amides is 1. The third-order valence-electron chi connectivity index (χ3n) is 2.45. The second-order valence-electron chi connectivity index (χ2n) is 3.61. The van der Waals surface area contributed by atoms with Crippen molar-refractivity contribution >= 4 is 5.91 Å². The lowest BCUT2D eigenvalue weighted by Crippen LogP contribution is -2.37. The van der Waals surface area contributed by atoms with Gasteiger partial charge in [0.05, 0.1) is 25.3 Å². The number of nitrogens with one attached hydrogen (secondary N) is 1. The summed E-state index contributed by atoms with van der Waals surface area (Å²) in [5.41, 5.74) is 0.124. The van der Waals surface area contributed by atoms with Gasteiger partial charge in [-0.1, -0.05) is 6.92 Å². The Morgan fingerprint density at radius 3 is 2.82 bits per heavy atom. The molecule has 1 amide bonds. The summed E-state index contributed by atoms with van der Waals surface area (Å²) in [5, 5.41) is 11.6. The van der Waals surface area contributed by atoms with Gasteiger partial charge in [0.15, 0.2) is 0 Å². The van der Waals surface area contributed by atoms with E-state index in [1.54, 1.807) is 0 Å². The Kier molecular flexibility index (Phi) is 4.90. The molecule has 0 saturated carbocycles. The summed E-state index contributed by atoms with van der Waals surface area (Å²) < 4.78 is 18.0. The van der Waals surface area contributed by atoms with Crippen molar-refractivity contribution < 1.29 is 19.0 Å². The van der Waals surface area contributed by atoms with Gasteiger partial charge >= 0.3 is 0 Å². The lowest BCUT2D eigenvalue weighted by atomic mass is 10.1. The van der Waals surface area contributed by atoms with Crippen LogP contribution in [0.5, 0.6) is 5.75 Å². The number of hydrogen-bond donors (Lipinski definition) is 2. The first-order valence-corrected chi connectivity index (χ1v) is 5.37. The van der Waals surface area contributed by atoms with E-state index in [4.69, 9.17) is 9.84 Å². The van der Waals surface area contributed by atoms with Crippen LogP contribution in [-0.2, 0) is 0 Å². The van der Waals surface area contributed by atoms with E-state index in [-0.39, 0.29) is 18.2 Å². The van der Waals surface area contributed by atoms with Gasteiger partial charge in [0.25, 0.3) is 5.91 Å². The van der Waals surface area contributed by atoms with E-state index in [2.05, 4.69) is 5.32 Å². The Hall–Kier alpha value is -1.62. The second-order valence-corrected chi connectivity index (χ2v) is 3.61. The average molecular weight is 241 g/mol. The topological polar surface area (TPSA) is 58.6 Å². The molecule has 0 aliphatic rings. The second kappa shape index (κ2) is 6.20. The van der Waals surface area contributed by atoms with Crippen molar-refractivity contribution in [2.75, 3.05) is 13.7 Å². The van der Waals surface area contributed by atoms with E-state index in [0.29, 0.717) is 12.2 Å². The quantitative estimate of drug-likeness (QED) is 0.817. The van der Waals surface area contributed by atoms with Crippen LogP contribution in [-0.4, -0.2) is 30.8 Å². The molecule has 4 nitrogen and oxygen atoms in total. The van der Waals surface area contributed by atoms with Gasteiger partial charge in [-0.15, -0.1) is 0 Å². The molecular weight excluding hydrogens is 225 g/mol. The first kappa shape index (κ1) is 13.4. The molecule has 0 aliphatic carbocycles. The van der Waals surface area contributed by atoms with Crippen LogP contribution in [0.3, 0.4) is 0 Å². The maximum Gasteiger partial charge on any atom is 0.255 e. The van der Waals surface area contributed by atoms with Crippen LogP contribution in [0.4, 0.5) is 4.39 Å². The zero-order valence-corrected chi connectivity index (χ0v) is 9.87. The van der Waals surface area contributed by atoms with Crippen LogP contribution in [0.1, 0.15) is 23.7 Å². The van der Waals surface area contributed by atoms with Crippen LogP contribution in [0.2, 0.25) is 0 Å². The third-order valence-corrected chi connectivity index (χ3v) is 2.45. The zero-order valence-electron chi connectivity index (χ0n) is 9.87. The SMILES string of the molecule is CCC(CO)NC(=O)c1cc(F)ccc1OC. The number of carbonyl (C=O) groups is 1. The van der Waals surface area contributed by atoms with E-state index >= 15 is 0 Å². The van der Waals surface area contributed by atoms with Gasteiger partial charge in [0.1, 0.15) is 11.6 Å². The largest absolute Gasteiger partial charge is 0.496 e. The zero-order chi connectivity index (χ0) is 12.8. The minimum atomic E-state index is -0.506. The lowest BCUT2D eigenvalue weighted by molar-refractivity contribution is 0.0911. The first-order valence-electron chi connectivity index (χ1n) is 5.37. The van der Waals surface area contributed by atoms with Gasteiger partial charge in [-0.05, 0) is 24.6 Å². The van der Waals surface area contributed by atoms with Gasteiger partial charge in [-0.3, -0.25) is 4.79 Å². The highest BCUT2D eigenvalue weighted by atomic mass is 19.1. The van der Waals surface area contributed by atoms with Gasteiger partial charge in [-0.2, -0.15) is 0 Å². The summed E-state index contributed by atoms with van der Waals surface area (Å²) in [6.07, 6.45) is 0.597. The number of aliphatic hydroxyl groups excluding tert-OH is 1. The van der Waals surface area contributed by atoms with Crippen LogP contribution in [0.25, 0.3) is 0 Å². The predicted octanol–water partition coefficient (Wildman–Crippen LogP) is 1.34. The van der Waals surface area contributed by atoms with Gasteiger partial charge in [-0.25, -0.2) is 4.39 Å². The van der Waals surface area contributed by atoms with Crippen molar-refractivity contribution in [3.63, 3.8) is 0 Å². The molecule has 0 bridgehead atoms.